The van der Waals surface area contributed by atoms with E-state index in [2.05, 4.69) is 0 Å². The third-order valence-electron chi connectivity index (χ3n) is 3.77. The second kappa shape index (κ2) is 3.67. The van der Waals surface area contributed by atoms with Crippen LogP contribution in [0, 0.1) is 13.8 Å². The number of alkyl halides is 2. The molecule has 0 unspecified atom stereocenters. The first-order chi connectivity index (χ1) is 7.80. The Morgan fingerprint density at radius 3 is 2.24 bits per heavy atom. The largest absolute Gasteiger partial charge is 0.508 e. The van der Waals surface area contributed by atoms with Crippen LogP contribution in [0.2, 0.25) is 0 Å². The van der Waals surface area contributed by atoms with Crippen LogP contribution in [0.25, 0.3) is 0 Å². The minimum absolute atomic E-state index is 0.0778. The molecule has 0 heterocycles. The van der Waals surface area contributed by atoms with Crippen molar-refractivity contribution in [2.45, 2.75) is 38.0 Å². The van der Waals surface area contributed by atoms with E-state index in [1.165, 1.54) is 0 Å². The second-order valence-electron chi connectivity index (χ2n) is 5.15. The van der Waals surface area contributed by atoms with Gasteiger partial charge in [-0.15, -0.1) is 0 Å². The maximum Gasteiger partial charge on any atom is 0.250 e. The van der Waals surface area contributed by atoms with Crippen LogP contribution >= 0.6 is 0 Å². The molecule has 4 heteroatoms. The van der Waals surface area contributed by atoms with Crippen molar-refractivity contribution in [1.82, 2.24) is 0 Å². The Morgan fingerprint density at radius 1 is 1.24 bits per heavy atom. The number of hydrogen-bond donors (Lipinski definition) is 2. The average molecular weight is 241 g/mol. The van der Waals surface area contributed by atoms with Gasteiger partial charge in [-0.05, 0) is 31.0 Å². The monoisotopic (exact) mass is 241 g/mol. The highest BCUT2D eigenvalue weighted by Gasteiger charge is 2.57. The van der Waals surface area contributed by atoms with Crippen molar-refractivity contribution in [2.24, 2.45) is 5.73 Å². The van der Waals surface area contributed by atoms with Crippen molar-refractivity contribution >= 4 is 0 Å². The zero-order valence-electron chi connectivity index (χ0n) is 10.1. The zero-order valence-corrected chi connectivity index (χ0v) is 10.1. The Hall–Kier alpha value is -1.16. The Balaban J connectivity index is 2.43. The Morgan fingerprint density at radius 2 is 1.76 bits per heavy atom. The predicted molar refractivity (Wildman–Crippen MR) is 62.5 cm³/mol. The summed E-state index contributed by atoms with van der Waals surface area (Å²) in [5.74, 6) is -2.57. The van der Waals surface area contributed by atoms with Crippen molar-refractivity contribution in [3.8, 4) is 5.75 Å². The Kier molecular flexibility index (Phi) is 2.65. The van der Waals surface area contributed by atoms with Gasteiger partial charge in [0.1, 0.15) is 5.75 Å². The van der Waals surface area contributed by atoms with Crippen LogP contribution in [-0.4, -0.2) is 17.6 Å². The molecule has 94 valence electrons. The van der Waals surface area contributed by atoms with Gasteiger partial charge in [-0.2, -0.15) is 0 Å². The van der Waals surface area contributed by atoms with Crippen molar-refractivity contribution < 1.29 is 13.9 Å². The first kappa shape index (κ1) is 12.3. The van der Waals surface area contributed by atoms with E-state index in [1.54, 1.807) is 12.1 Å². The minimum atomic E-state index is -2.65. The summed E-state index contributed by atoms with van der Waals surface area (Å²) in [7, 11) is 0. The van der Waals surface area contributed by atoms with Crippen LogP contribution in [0.3, 0.4) is 0 Å². The van der Waals surface area contributed by atoms with Crippen molar-refractivity contribution in [1.29, 1.82) is 0 Å². The van der Waals surface area contributed by atoms with E-state index >= 15 is 0 Å². The lowest BCUT2D eigenvalue weighted by atomic mass is 9.61. The number of aromatic hydroxyl groups is 1. The highest BCUT2D eigenvalue weighted by molar-refractivity contribution is 5.47. The standard InChI is InChI=1S/C13H17F2NO/c1-8-3-10(11(17)4-9(8)2)12(7-16)5-13(14,15)6-12/h3-4,17H,5-7,16H2,1-2H3. The van der Waals surface area contributed by atoms with Gasteiger partial charge in [-0.25, -0.2) is 8.78 Å². The maximum atomic E-state index is 13.1. The summed E-state index contributed by atoms with van der Waals surface area (Å²) in [6.45, 7) is 3.92. The fraction of sp³-hybridized carbons (Fsp3) is 0.538. The first-order valence-corrected chi connectivity index (χ1v) is 5.68. The molecule has 0 saturated heterocycles. The maximum absolute atomic E-state index is 13.1. The topological polar surface area (TPSA) is 46.2 Å². The molecule has 2 rings (SSSR count). The summed E-state index contributed by atoms with van der Waals surface area (Å²) in [6, 6.07) is 3.41. The lowest BCUT2D eigenvalue weighted by molar-refractivity contribution is -0.124. The van der Waals surface area contributed by atoms with E-state index in [0.29, 0.717) is 5.56 Å². The molecule has 1 fully saturated rings. The number of benzene rings is 1. The van der Waals surface area contributed by atoms with Crippen LogP contribution in [-0.2, 0) is 5.41 Å². The summed E-state index contributed by atoms with van der Waals surface area (Å²) in [5, 5.41) is 9.92. The molecule has 0 radical (unpaired) electrons. The van der Waals surface area contributed by atoms with Gasteiger partial charge in [0.15, 0.2) is 0 Å². The molecule has 0 amide bonds. The van der Waals surface area contributed by atoms with Gasteiger partial charge < -0.3 is 10.8 Å². The normalized spacial score (nSPS) is 21.0. The lowest BCUT2D eigenvalue weighted by Crippen LogP contribution is -2.53. The quantitative estimate of drug-likeness (QED) is 0.836. The summed E-state index contributed by atoms with van der Waals surface area (Å²) in [6.07, 6.45) is -0.543. The third kappa shape index (κ3) is 1.90. The third-order valence-corrected chi connectivity index (χ3v) is 3.77. The van der Waals surface area contributed by atoms with Gasteiger partial charge in [0.25, 0.3) is 0 Å². The molecule has 0 bridgehead atoms. The van der Waals surface area contributed by atoms with Crippen LogP contribution in [0.1, 0.15) is 29.5 Å². The molecule has 1 aliphatic carbocycles. The van der Waals surface area contributed by atoms with Gasteiger partial charge in [0.2, 0.25) is 5.92 Å². The molecule has 2 nitrogen and oxygen atoms in total. The number of phenolic OH excluding ortho intramolecular Hbond substituents is 1. The molecule has 0 atom stereocenters. The summed E-state index contributed by atoms with van der Waals surface area (Å²) >= 11 is 0. The number of hydrogen-bond acceptors (Lipinski definition) is 2. The van der Waals surface area contributed by atoms with E-state index in [1.807, 2.05) is 13.8 Å². The molecule has 3 N–H and O–H groups in total. The summed E-state index contributed by atoms with van der Waals surface area (Å²) in [4.78, 5) is 0. The van der Waals surface area contributed by atoms with Crippen LogP contribution in [0.5, 0.6) is 5.75 Å². The molecule has 1 aromatic rings. The highest BCUT2D eigenvalue weighted by Crippen LogP contribution is 2.54. The van der Waals surface area contributed by atoms with Gasteiger partial charge in [0, 0.05) is 30.4 Å². The lowest BCUT2D eigenvalue weighted by Gasteiger charge is -2.47. The number of rotatable bonds is 2. The summed E-state index contributed by atoms with van der Waals surface area (Å²) < 4.78 is 26.2. The van der Waals surface area contributed by atoms with E-state index < -0.39 is 11.3 Å². The number of halogens is 2. The van der Waals surface area contributed by atoms with E-state index in [-0.39, 0.29) is 25.1 Å². The highest BCUT2D eigenvalue weighted by atomic mass is 19.3. The van der Waals surface area contributed by atoms with Gasteiger partial charge in [0.05, 0.1) is 0 Å². The van der Waals surface area contributed by atoms with Crippen LogP contribution in [0.15, 0.2) is 12.1 Å². The smallest absolute Gasteiger partial charge is 0.250 e. The molecule has 1 aliphatic rings. The Bertz CT molecular complexity index is 449. The van der Waals surface area contributed by atoms with Crippen LogP contribution in [0.4, 0.5) is 8.78 Å². The van der Waals surface area contributed by atoms with Crippen molar-refractivity contribution in [3.05, 3.63) is 28.8 Å². The van der Waals surface area contributed by atoms with E-state index in [4.69, 9.17) is 5.73 Å². The Labute approximate surface area is 99.4 Å². The predicted octanol–water partition coefficient (Wildman–Crippen LogP) is 2.63. The molecule has 0 aliphatic heterocycles. The van der Waals surface area contributed by atoms with Gasteiger partial charge >= 0.3 is 0 Å². The molecular formula is C13H17F2NO. The minimum Gasteiger partial charge on any atom is -0.508 e. The molecule has 1 aromatic carbocycles. The summed E-state index contributed by atoms with van der Waals surface area (Å²) in [5.41, 5.74) is 7.38. The average Bonchev–Trinajstić information content (AvgIpc) is 2.19. The molecular weight excluding hydrogens is 224 g/mol. The number of nitrogens with two attached hydrogens (primary N) is 1. The first-order valence-electron chi connectivity index (χ1n) is 5.68. The molecule has 0 spiro atoms. The van der Waals surface area contributed by atoms with Crippen molar-refractivity contribution in [3.63, 3.8) is 0 Å². The molecule has 1 saturated carbocycles. The fourth-order valence-electron chi connectivity index (χ4n) is 2.61. The number of phenols is 1. The van der Waals surface area contributed by atoms with Gasteiger partial charge in [-0.1, -0.05) is 6.07 Å². The van der Waals surface area contributed by atoms with Crippen LogP contribution < -0.4 is 5.73 Å². The van der Waals surface area contributed by atoms with E-state index in [9.17, 15) is 13.9 Å². The number of aryl methyl sites for hydroxylation is 2. The molecule has 0 aromatic heterocycles. The van der Waals surface area contributed by atoms with E-state index in [0.717, 1.165) is 11.1 Å². The van der Waals surface area contributed by atoms with Gasteiger partial charge in [-0.3, -0.25) is 0 Å². The molecule has 17 heavy (non-hydrogen) atoms. The fourth-order valence-corrected chi connectivity index (χ4v) is 2.61. The van der Waals surface area contributed by atoms with Crippen molar-refractivity contribution in [2.75, 3.05) is 6.54 Å². The SMILES string of the molecule is Cc1cc(O)c(C2(CN)CC(F)(F)C2)cc1C. The second-order valence-corrected chi connectivity index (χ2v) is 5.15. The zero-order chi connectivity index (χ0) is 12.8.